The molecule has 35 heavy (non-hydrogen) atoms. The molecule has 0 bridgehead atoms. The summed E-state index contributed by atoms with van der Waals surface area (Å²) < 4.78 is 41.3. The van der Waals surface area contributed by atoms with Gasteiger partial charge < -0.3 is 9.88 Å². The van der Waals surface area contributed by atoms with E-state index in [1.165, 1.54) is 0 Å². The van der Waals surface area contributed by atoms with Crippen LogP contribution in [0.2, 0.25) is 0 Å². The van der Waals surface area contributed by atoms with Gasteiger partial charge >= 0.3 is 6.18 Å². The number of benzene rings is 2. The Bertz CT molecular complexity index is 1160. The van der Waals surface area contributed by atoms with Gasteiger partial charge in [0.1, 0.15) is 11.9 Å². The molecule has 5 nitrogen and oxygen atoms in total. The normalized spacial score (nSPS) is 17.1. The van der Waals surface area contributed by atoms with Crippen molar-refractivity contribution in [2.24, 2.45) is 0 Å². The van der Waals surface area contributed by atoms with Crippen LogP contribution in [0.5, 0.6) is 0 Å². The second kappa shape index (κ2) is 10.2. The standard InChI is InChI=1S/C27H31F3N4O/c1-4-23-32-18(2)24-22(15-12-19-10-13-21(14-11-19)27(28,29)30)33(16-17-34(23)24)25(26(35)31-3)20-8-6-5-7-9-20/h5-11,13-14,22,25H,4,12,15-17H2,1-3H3,(H,31,35)/t22-,25+/m0/s1. The zero-order chi connectivity index (χ0) is 25.2. The third-order valence-electron chi connectivity index (χ3n) is 6.81. The van der Waals surface area contributed by atoms with Crippen LogP contribution in [-0.4, -0.2) is 34.0 Å². The number of nitrogens with one attached hydrogen (secondary N) is 1. The Balaban J connectivity index is 1.70. The average molecular weight is 485 g/mol. The van der Waals surface area contributed by atoms with Gasteiger partial charge in [0.25, 0.3) is 0 Å². The number of fused-ring (bicyclic) bond motifs is 1. The van der Waals surface area contributed by atoms with Crippen LogP contribution in [0, 0.1) is 6.92 Å². The Morgan fingerprint density at radius 2 is 1.80 bits per heavy atom. The van der Waals surface area contributed by atoms with Crippen LogP contribution < -0.4 is 5.32 Å². The monoisotopic (exact) mass is 484 g/mol. The molecule has 0 fully saturated rings. The summed E-state index contributed by atoms with van der Waals surface area (Å²) >= 11 is 0. The van der Waals surface area contributed by atoms with E-state index in [0.717, 1.165) is 53.4 Å². The molecule has 8 heteroatoms. The van der Waals surface area contributed by atoms with Gasteiger partial charge in [-0.1, -0.05) is 49.4 Å². The summed E-state index contributed by atoms with van der Waals surface area (Å²) in [7, 11) is 1.64. The van der Waals surface area contributed by atoms with Crippen LogP contribution in [0.3, 0.4) is 0 Å². The van der Waals surface area contributed by atoms with Crippen LogP contribution in [0.4, 0.5) is 13.2 Å². The number of aromatic nitrogens is 2. The van der Waals surface area contributed by atoms with Gasteiger partial charge in [0.05, 0.1) is 23.0 Å². The number of alkyl halides is 3. The number of amides is 1. The Hall–Kier alpha value is -3.13. The van der Waals surface area contributed by atoms with Crippen molar-refractivity contribution in [1.29, 1.82) is 0 Å². The zero-order valence-corrected chi connectivity index (χ0v) is 20.3. The summed E-state index contributed by atoms with van der Waals surface area (Å²) in [6.07, 6.45) is -2.30. The number of likely N-dealkylation sites (N-methyl/N-ethyl adjacent to an activating group) is 1. The molecular formula is C27H31F3N4O. The summed E-state index contributed by atoms with van der Waals surface area (Å²) in [4.78, 5) is 20.2. The summed E-state index contributed by atoms with van der Waals surface area (Å²) in [5.41, 5.74) is 3.12. The fourth-order valence-corrected chi connectivity index (χ4v) is 5.16. The van der Waals surface area contributed by atoms with Crippen molar-refractivity contribution in [3.8, 4) is 0 Å². The zero-order valence-electron chi connectivity index (χ0n) is 20.3. The van der Waals surface area contributed by atoms with E-state index in [4.69, 9.17) is 4.98 Å². The third kappa shape index (κ3) is 5.12. The van der Waals surface area contributed by atoms with Crippen LogP contribution in [0.1, 0.15) is 59.3 Å². The minimum atomic E-state index is -4.35. The lowest BCUT2D eigenvalue weighted by Gasteiger charge is -2.42. The molecule has 2 aromatic carbocycles. The molecule has 0 unspecified atom stereocenters. The van der Waals surface area contributed by atoms with Crippen molar-refractivity contribution < 1.29 is 18.0 Å². The van der Waals surface area contributed by atoms with Gasteiger partial charge in [-0.25, -0.2) is 4.98 Å². The number of hydrogen-bond donors (Lipinski definition) is 1. The lowest BCUT2D eigenvalue weighted by Crippen LogP contribution is -2.46. The van der Waals surface area contributed by atoms with Crippen molar-refractivity contribution in [2.45, 2.75) is 57.9 Å². The molecule has 1 N–H and O–H groups in total. The molecule has 1 aromatic heterocycles. The number of aryl methyl sites for hydroxylation is 3. The summed E-state index contributed by atoms with van der Waals surface area (Å²) in [6, 6.07) is 14.5. The highest BCUT2D eigenvalue weighted by atomic mass is 19.4. The van der Waals surface area contributed by atoms with Crippen molar-refractivity contribution in [2.75, 3.05) is 13.6 Å². The van der Waals surface area contributed by atoms with Gasteiger partial charge in [-0.05, 0) is 43.0 Å². The summed E-state index contributed by atoms with van der Waals surface area (Å²) in [5.74, 6) is 0.935. The highest BCUT2D eigenvalue weighted by molar-refractivity contribution is 5.83. The minimum Gasteiger partial charge on any atom is -0.358 e. The van der Waals surface area contributed by atoms with E-state index in [2.05, 4.69) is 21.7 Å². The van der Waals surface area contributed by atoms with E-state index in [0.29, 0.717) is 19.4 Å². The third-order valence-corrected chi connectivity index (χ3v) is 6.81. The van der Waals surface area contributed by atoms with Crippen molar-refractivity contribution in [3.63, 3.8) is 0 Å². The van der Waals surface area contributed by atoms with Crippen molar-refractivity contribution in [1.82, 2.24) is 19.8 Å². The molecule has 1 aliphatic rings. The number of halogens is 3. The molecule has 2 atom stereocenters. The first-order valence-electron chi connectivity index (χ1n) is 12.0. The van der Waals surface area contributed by atoms with E-state index in [9.17, 15) is 18.0 Å². The number of carbonyl (C=O) groups is 1. The fourth-order valence-electron chi connectivity index (χ4n) is 5.16. The highest BCUT2D eigenvalue weighted by Crippen LogP contribution is 2.39. The van der Waals surface area contributed by atoms with Crippen molar-refractivity contribution in [3.05, 3.63) is 88.5 Å². The van der Waals surface area contributed by atoms with Gasteiger partial charge in [0.2, 0.25) is 5.91 Å². The number of rotatable bonds is 7. The van der Waals surface area contributed by atoms with Gasteiger partial charge in [0, 0.05) is 26.6 Å². The predicted molar refractivity (Wildman–Crippen MR) is 129 cm³/mol. The van der Waals surface area contributed by atoms with Crippen LogP contribution >= 0.6 is 0 Å². The Morgan fingerprint density at radius 1 is 1.11 bits per heavy atom. The molecule has 2 heterocycles. The van der Waals surface area contributed by atoms with Gasteiger partial charge in [-0.2, -0.15) is 13.2 Å². The molecule has 0 saturated carbocycles. The molecule has 3 aromatic rings. The second-order valence-corrected chi connectivity index (χ2v) is 8.92. The fraction of sp³-hybridized carbons (Fsp3) is 0.407. The van der Waals surface area contributed by atoms with Gasteiger partial charge in [-0.15, -0.1) is 0 Å². The van der Waals surface area contributed by atoms with Gasteiger partial charge in [-0.3, -0.25) is 9.69 Å². The maximum Gasteiger partial charge on any atom is 0.416 e. The van der Waals surface area contributed by atoms with Crippen LogP contribution in [-0.2, 0) is 30.4 Å². The quantitative estimate of drug-likeness (QED) is 0.498. The number of nitrogens with zero attached hydrogens (tertiary/aromatic N) is 3. The van der Waals surface area contributed by atoms with E-state index < -0.39 is 17.8 Å². The van der Waals surface area contributed by atoms with Crippen molar-refractivity contribution >= 4 is 5.91 Å². The lowest BCUT2D eigenvalue weighted by atomic mass is 9.94. The Labute approximate surface area is 204 Å². The maximum absolute atomic E-state index is 13.1. The largest absolute Gasteiger partial charge is 0.416 e. The molecule has 0 saturated heterocycles. The Morgan fingerprint density at radius 3 is 2.40 bits per heavy atom. The SMILES string of the molecule is CCc1nc(C)c2n1CCN([C@@H](C(=O)NC)c1ccccc1)[C@H]2CCc1ccc(C(F)(F)F)cc1. The average Bonchev–Trinajstić information content (AvgIpc) is 3.19. The molecule has 1 amide bonds. The van der Waals surface area contributed by atoms with E-state index in [-0.39, 0.29) is 11.9 Å². The molecule has 0 spiro atoms. The minimum absolute atomic E-state index is 0.0861. The predicted octanol–water partition coefficient (Wildman–Crippen LogP) is 5.25. The molecule has 4 rings (SSSR count). The first-order valence-corrected chi connectivity index (χ1v) is 12.0. The lowest BCUT2D eigenvalue weighted by molar-refractivity contribution is -0.137. The molecule has 0 radical (unpaired) electrons. The Kier molecular flexibility index (Phi) is 7.31. The number of imidazole rings is 1. The first-order chi connectivity index (χ1) is 16.7. The van der Waals surface area contributed by atoms with E-state index in [1.807, 2.05) is 37.3 Å². The highest BCUT2D eigenvalue weighted by Gasteiger charge is 2.38. The van der Waals surface area contributed by atoms with E-state index >= 15 is 0 Å². The maximum atomic E-state index is 13.1. The van der Waals surface area contributed by atoms with Crippen LogP contribution in [0.25, 0.3) is 0 Å². The molecule has 186 valence electrons. The molecular weight excluding hydrogens is 453 g/mol. The first kappa shape index (κ1) is 25.0. The molecule has 0 aliphatic carbocycles. The summed E-state index contributed by atoms with van der Waals surface area (Å²) in [6.45, 7) is 5.48. The number of hydrogen-bond acceptors (Lipinski definition) is 3. The van der Waals surface area contributed by atoms with Crippen LogP contribution in [0.15, 0.2) is 54.6 Å². The topological polar surface area (TPSA) is 50.2 Å². The number of carbonyl (C=O) groups excluding carboxylic acids is 1. The smallest absolute Gasteiger partial charge is 0.358 e. The van der Waals surface area contributed by atoms with Gasteiger partial charge in [0.15, 0.2) is 0 Å². The van der Waals surface area contributed by atoms with E-state index in [1.54, 1.807) is 19.2 Å². The second-order valence-electron chi connectivity index (χ2n) is 8.92. The molecule has 1 aliphatic heterocycles. The summed E-state index contributed by atoms with van der Waals surface area (Å²) in [5, 5.41) is 2.82.